The van der Waals surface area contributed by atoms with Crippen LogP contribution in [0.5, 0.6) is 0 Å². The third kappa shape index (κ3) is 5.04. The number of aryl methyl sites for hydroxylation is 2. The minimum Gasteiger partial charge on any atom is -0.379 e. The Morgan fingerprint density at radius 3 is 2.79 bits per heavy atom. The molecular weight excluding hydrogens is 360 g/mol. The summed E-state index contributed by atoms with van der Waals surface area (Å²) in [5.41, 5.74) is 5.00. The third-order valence-corrected chi connectivity index (χ3v) is 5.94. The van der Waals surface area contributed by atoms with E-state index in [0.29, 0.717) is 12.1 Å². The van der Waals surface area contributed by atoms with E-state index in [2.05, 4.69) is 76.7 Å². The van der Waals surface area contributed by atoms with E-state index in [1.807, 2.05) is 6.07 Å². The first-order valence-corrected chi connectivity index (χ1v) is 10.7. The second-order valence-corrected chi connectivity index (χ2v) is 8.15. The number of nitrogens with zero attached hydrogens (tertiary/aromatic N) is 2. The molecule has 0 bridgehead atoms. The SMILES string of the molecule is Cc1cccc([C@H](CN[C@@H](C)CCc2[nH]nc3ccccc23)N2CCOCC2)c1. The highest BCUT2D eigenvalue weighted by Gasteiger charge is 2.23. The van der Waals surface area contributed by atoms with Crippen LogP contribution in [0.3, 0.4) is 0 Å². The van der Waals surface area contributed by atoms with Gasteiger partial charge in [0.1, 0.15) is 0 Å². The van der Waals surface area contributed by atoms with Crippen LogP contribution in [0.4, 0.5) is 0 Å². The molecule has 4 rings (SSSR count). The molecule has 1 aliphatic heterocycles. The molecule has 2 atom stereocenters. The number of morpholine rings is 1. The van der Waals surface area contributed by atoms with Crippen molar-refractivity contribution < 1.29 is 4.74 Å². The molecular formula is C24H32N4O. The lowest BCUT2D eigenvalue weighted by Crippen LogP contribution is -2.44. The van der Waals surface area contributed by atoms with E-state index in [0.717, 1.165) is 51.2 Å². The van der Waals surface area contributed by atoms with Crippen LogP contribution >= 0.6 is 0 Å². The summed E-state index contributed by atoms with van der Waals surface area (Å²) in [6, 6.07) is 18.1. The zero-order valence-corrected chi connectivity index (χ0v) is 17.5. The standard InChI is InChI=1S/C24H32N4O/c1-18-6-5-7-20(16-18)24(28-12-14-29-15-13-28)17-25-19(2)10-11-23-21-8-3-4-9-22(21)26-27-23/h3-9,16,19,24-25H,10-15,17H2,1-2H3,(H,26,27)/t19-,24-/m0/s1. The van der Waals surface area contributed by atoms with Crippen LogP contribution in [0.1, 0.15) is 36.2 Å². The smallest absolute Gasteiger partial charge is 0.0923 e. The van der Waals surface area contributed by atoms with Crippen molar-refractivity contribution in [1.29, 1.82) is 0 Å². The summed E-state index contributed by atoms with van der Waals surface area (Å²) in [4.78, 5) is 2.56. The molecule has 2 heterocycles. The molecule has 29 heavy (non-hydrogen) atoms. The number of benzene rings is 2. The maximum Gasteiger partial charge on any atom is 0.0923 e. The summed E-state index contributed by atoms with van der Waals surface area (Å²) in [5.74, 6) is 0. The average Bonchev–Trinajstić information content (AvgIpc) is 3.16. The summed E-state index contributed by atoms with van der Waals surface area (Å²) < 4.78 is 5.58. The summed E-state index contributed by atoms with van der Waals surface area (Å²) in [6.45, 7) is 9.04. The maximum absolute atomic E-state index is 5.58. The first-order chi connectivity index (χ1) is 14.2. The Balaban J connectivity index is 1.37. The van der Waals surface area contributed by atoms with Crippen molar-refractivity contribution in [3.8, 4) is 0 Å². The van der Waals surface area contributed by atoms with Gasteiger partial charge in [0, 0.05) is 42.8 Å². The van der Waals surface area contributed by atoms with Crippen molar-refractivity contribution in [1.82, 2.24) is 20.4 Å². The van der Waals surface area contributed by atoms with Crippen molar-refractivity contribution >= 4 is 10.9 Å². The second-order valence-electron chi connectivity index (χ2n) is 8.15. The number of aromatic amines is 1. The fraction of sp³-hybridized carbons (Fsp3) is 0.458. The zero-order valence-electron chi connectivity index (χ0n) is 17.5. The van der Waals surface area contributed by atoms with Gasteiger partial charge in [-0.05, 0) is 38.3 Å². The molecule has 2 aromatic carbocycles. The molecule has 0 saturated carbocycles. The number of para-hydroxylation sites is 1. The summed E-state index contributed by atoms with van der Waals surface area (Å²) in [7, 11) is 0. The fourth-order valence-corrected chi connectivity index (χ4v) is 4.20. The van der Waals surface area contributed by atoms with E-state index in [4.69, 9.17) is 4.74 Å². The van der Waals surface area contributed by atoms with Gasteiger partial charge in [-0.1, -0.05) is 48.0 Å². The van der Waals surface area contributed by atoms with Gasteiger partial charge in [-0.2, -0.15) is 5.10 Å². The number of hydrogen-bond acceptors (Lipinski definition) is 4. The molecule has 3 aromatic rings. The van der Waals surface area contributed by atoms with Crippen molar-refractivity contribution in [3.63, 3.8) is 0 Å². The third-order valence-electron chi connectivity index (χ3n) is 5.94. The van der Waals surface area contributed by atoms with E-state index in [1.165, 1.54) is 22.2 Å². The first kappa shape index (κ1) is 20.1. The van der Waals surface area contributed by atoms with Crippen molar-refractivity contribution in [3.05, 3.63) is 65.4 Å². The first-order valence-electron chi connectivity index (χ1n) is 10.7. The van der Waals surface area contributed by atoms with Crippen LogP contribution in [0.25, 0.3) is 10.9 Å². The van der Waals surface area contributed by atoms with Gasteiger partial charge in [0.25, 0.3) is 0 Å². The topological polar surface area (TPSA) is 53.2 Å². The van der Waals surface area contributed by atoms with Gasteiger partial charge >= 0.3 is 0 Å². The van der Waals surface area contributed by atoms with Crippen molar-refractivity contribution in [2.45, 2.75) is 38.8 Å². The molecule has 0 amide bonds. The number of fused-ring (bicyclic) bond motifs is 1. The number of aromatic nitrogens is 2. The number of H-pyrrole nitrogens is 1. The van der Waals surface area contributed by atoms with E-state index in [1.54, 1.807) is 0 Å². The van der Waals surface area contributed by atoms with Crippen molar-refractivity contribution in [2.24, 2.45) is 0 Å². The average molecular weight is 393 g/mol. The quantitative estimate of drug-likeness (QED) is 0.611. The van der Waals surface area contributed by atoms with Gasteiger partial charge in [-0.25, -0.2) is 0 Å². The number of hydrogen-bond donors (Lipinski definition) is 2. The fourth-order valence-electron chi connectivity index (χ4n) is 4.20. The lowest BCUT2D eigenvalue weighted by atomic mass is 10.0. The molecule has 0 spiro atoms. The molecule has 0 aliphatic carbocycles. The van der Waals surface area contributed by atoms with Crippen LogP contribution in [0.2, 0.25) is 0 Å². The van der Waals surface area contributed by atoms with E-state index in [-0.39, 0.29) is 0 Å². The lowest BCUT2D eigenvalue weighted by molar-refractivity contribution is 0.0157. The van der Waals surface area contributed by atoms with Gasteiger partial charge in [0.2, 0.25) is 0 Å². The molecule has 1 aromatic heterocycles. The van der Waals surface area contributed by atoms with E-state index < -0.39 is 0 Å². The van der Waals surface area contributed by atoms with Crippen LogP contribution in [-0.2, 0) is 11.2 Å². The molecule has 0 unspecified atom stereocenters. The van der Waals surface area contributed by atoms with Gasteiger partial charge in [0.05, 0.1) is 18.7 Å². The van der Waals surface area contributed by atoms with Gasteiger partial charge < -0.3 is 10.1 Å². The Morgan fingerprint density at radius 2 is 1.97 bits per heavy atom. The van der Waals surface area contributed by atoms with Crippen LogP contribution in [0.15, 0.2) is 48.5 Å². The molecule has 0 radical (unpaired) electrons. The summed E-state index contributed by atoms with van der Waals surface area (Å²) in [5, 5.41) is 12.7. The van der Waals surface area contributed by atoms with E-state index in [9.17, 15) is 0 Å². The predicted octanol–water partition coefficient (Wildman–Crippen LogP) is 3.86. The lowest BCUT2D eigenvalue weighted by Gasteiger charge is -2.35. The van der Waals surface area contributed by atoms with Crippen LogP contribution < -0.4 is 5.32 Å². The highest BCUT2D eigenvalue weighted by atomic mass is 16.5. The predicted molar refractivity (Wildman–Crippen MR) is 118 cm³/mol. The van der Waals surface area contributed by atoms with Crippen LogP contribution in [-0.4, -0.2) is 54.0 Å². The molecule has 2 N–H and O–H groups in total. The zero-order chi connectivity index (χ0) is 20.1. The molecule has 5 heteroatoms. The Kier molecular flexibility index (Phi) is 6.60. The number of nitrogens with one attached hydrogen (secondary N) is 2. The Hall–Kier alpha value is -2.21. The molecule has 154 valence electrons. The highest BCUT2D eigenvalue weighted by molar-refractivity contribution is 5.81. The number of ether oxygens (including phenoxy) is 1. The molecule has 1 fully saturated rings. The van der Waals surface area contributed by atoms with Gasteiger partial charge in [-0.15, -0.1) is 0 Å². The molecule has 1 saturated heterocycles. The normalized spacial score (nSPS) is 17.4. The largest absolute Gasteiger partial charge is 0.379 e. The number of rotatable bonds is 8. The van der Waals surface area contributed by atoms with Crippen molar-refractivity contribution in [2.75, 3.05) is 32.8 Å². The summed E-state index contributed by atoms with van der Waals surface area (Å²) >= 11 is 0. The Labute approximate surface area is 173 Å². The van der Waals surface area contributed by atoms with Crippen LogP contribution in [0, 0.1) is 6.92 Å². The monoisotopic (exact) mass is 392 g/mol. The van der Waals surface area contributed by atoms with E-state index >= 15 is 0 Å². The van der Waals surface area contributed by atoms with Gasteiger partial charge in [0.15, 0.2) is 0 Å². The second kappa shape index (κ2) is 9.53. The van der Waals surface area contributed by atoms with Gasteiger partial charge in [-0.3, -0.25) is 10.00 Å². The molecule has 5 nitrogen and oxygen atoms in total. The minimum atomic E-state index is 0.384. The summed E-state index contributed by atoms with van der Waals surface area (Å²) in [6.07, 6.45) is 2.08. The minimum absolute atomic E-state index is 0.384. The highest BCUT2D eigenvalue weighted by Crippen LogP contribution is 2.23. The Morgan fingerprint density at radius 1 is 1.14 bits per heavy atom. The molecule has 1 aliphatic rings. The maximum atomic E-state index is 5.58. The Bertz CT molecular complexity index is 916.